The van der Waals surface area contributed by atoms with E-state index in [1.807, 2.05) is 18.2 Å². The summed E-state index contributed by atoms with van der Waals surface area (Å²) in [5.74, 6) is 0.557. The van der Waals surface area contributed by atoms with Gasteiger partial charge in [-0.2, -0.15) is 0 Å². The number of ether oxygens (including phenoxy) is 3. The molecule has 1 atom stereocenters. The minimum Gasteiger partial charge on any atom is -0.493 e. The van der Waals surface area contributed by atoms with E-state index in [0.717, 1.165) is 10.0 Å². The van der Waals surface area contributed by atoms with E-state index < -0.39 is 5.92 Å². The molecule has 1 N–H and O–H groups in total. The van der Waals surface area contributed by atoms with Gasteiger partial charge in [0, 0.05) is 33.2 Å². The van der Waals surface area contributed by atoms with Crippen LogP contribution in [0.15, 0.2) is 59.1 Å². The van der Waals surface area contributed by atoms with Gasteiger partial charge in [0.25, 0.3) is 5.91 Å². The Kier molecular flexibility index (Phi) is 8.77. The Morgan fingerprint density at radius 2 is 1.89 bits per heavy atom. The molecule has 0 aromatic heterocycles. The molecule has 36 heavy (non-hydrogen) atoms. The number of esters is 1. The van der Waals surface area contributed by atoms with Gasteiger partial charge in [-0.3, -0.25) is 9.59 Å². The number of hydrogen-bond donors (Lipinski definition) is 1. The molecule has 1 unspecified atom stereocenters. The van der Waals surface area contributed by atoms with Crippen molar-refractivity contribution in [2.75, 3.05) is 19.8 Å². The number of carbonyl (C=O) groups is 2. The Balaban J connectivity index is 1.38. The van der Waals surface area contributed by atoms with Gasteiger partial charge in [0.1, 0.15) is 17.2 Å². The number of benzene rings is 3. The summed E-state index contributed by atoms with van der Waals surface area (Å²) in [6.07, 6.45) is 1.20. The molecule has 1 heterocycles. The van der Waals surface area contributed by atoms with Crippen molar-refractivity contribution >= 4 is 51.0 Å². The van der Waals surface area contributed by atoms with E-state index in [1.54, 1.807) is 43.3 Å². The van der Waals surface area contributed by atoms with Crippen molar-refractivity contribution in [3.05, 3.63) is 85.8 Å². The zero-order valence-corrected chi connectivity index (χ0v) is 22.6. The zero-order chi connectivity index (χ0) is 25.7. The van der Waals surface area contributed by atoms with E-state index in [0.29, 0.717) is 71.0 Å². The van der Waals surface area contributed by atoms with Gasteiger partial charge in [0.05, 0.1) is 24.2 Å². The molecule has 9 heteroatoms. The van der Waals surface area contributed by atoms with Crippen LogP contribution in [0.3, 0.4) is 0 Å². The standard InChI is InChI=1S/C27H24BrCl2NO5/c1-2-34-27(33)20-10-12-35-24-15-25(23(30)14-21(20)24)36-19-7-4-17(5-8-19)26(32)31-11-9-16-3-6-18(29)13-22(16)28/h3-8,13-15,20H,2,9-12H2,1H3,(H,31,32). The van der Waals surface area contributed by atoms with Crippen LogP contribution in [0.1, 0.15) is 40.7 Å². The zero-order valence-electron chi connectivity index (χ0n) is 19.5. The normalized spacial score (nSPS) is 14.4. The summed E-state index contributed by atoms with van der Waals surface area (Å²) in [7, 11) is 0. The van der Waals surface area contributed by atoms with Crippen LogP contribution in [-0.4, -0.2) is 31.6 Å². The molecule has 1 amide bonds. The van der Waals surface area contributed by atoms with Crippen molar-refractivity contribution in [3.8, 4) is 17.2 Å². The Morgan fingerprint density at radius 3 is 2.61 bits per heavy atom. The molecule has 3 aromatic carbocycles. The number of fused-ring (bicyclic) bond motifs is 1. The van der Waals surface area contributed by atoms with E-state index in [2.05, 4.69) is 21.2 Å². The predicted molar refractivity (Wildman–Crippen MR) is 143 cm³/mol. The highest BCUT2D eigenvalue weighted by atomic mass is 79.9. The molecule has 0 spiro atoms. The molecule has 188 valence electrons. The second-order valence-corrected chi connectivity index (χ2v) is 9.83. The minimum absolute atomic E-state index is 0.183. The van der Waals surface area contributed by atoms with Crippen molar-refractivity contribution in [3.63, 3.8) is 0 Å². The molecule has 0 fully saturated rings. The first kappa shape index (κ1) is 26.3. The fourth-order valence-corrected chi connectivity index (χ4v) is 4.99. The molecule has 0 saturated carbocycles. The third-order valence-corrected chi connectivity index (χ3v) is 6.98. The van der Waals surface area contributed by atoms with Crippen molar-refractivity contribution in [1.82, 2.24) is 5.32 Å². The highest BCUT2D eigenvalue weighted by Crippen LogP contribution is 2.42. The molecule has 0 radical (unpaired) electrons. The topological polar surface area (TPSA) is 73.9 Å². The van der Waals surface area contributed by atoms with Gasteiger partial charge in [-0.15, -0.1) is 0 Å². The Morgan fingerprint density at radius 1 is 1.11 bits per heavy atom. The van der Waals surface area contributed by atoms with Gasteiger partial charge < -0.3 is 19.5 Å². The average Bonchev–Trinajstić information content (AvgIpc) is 2.86. The minimum atomic E-state index is -0.418. The summed E-state index contributed by atoms with van der Waals surface area (Å²) in [6, 6.07) is 15.7. The van der Waals surface area contributed by atoms with Crippen LogP contribution in [0, 0.1) is 0 Å². The van der Waals surface area contributed by atoms with E-state index in [1.165, 1.54) is 0 Å². The van der Waals surface area contributed by atoms with Gasteiger partial charge in [-0.05, 0) is 67.8 Å². The van der Waals surface area contributed by atoms with Gasteiger partial charge >= 0.3 is 5.97 Å². The van der Waals surface area contributed by atoms with Crippen LogP contribution >= 0.6 is 39.1 Å². The highest BCUT2D eigenvalue weighted by Gasteiger charge is 2.30. The Hall–Kier alpha value is -2.74. The first-order valence-electron chi connectivity index (χ1n) is 11.5. The highest BCUT2D eigenvalue weighted by molar-refractivity contribution is 9.10. The maximum atomic E-state index is 12.5. The molecule has 0 bridgehead atoms. The van der Waals surface area contributed by atoms with Crippen LogP contribution in [0.5, 0.6) is 17.2 Å². The van der Waals surface area contributed by atoms with E-state index >= 15 is 0 Å². The molecule has 1 aliphatic heterocycles. The lowest BCUT2D eigenvalue weighted by atomic mass is 9.93. The maximum Gasteiger partial charge on any atom is 0.313 e. The second kappa shape index (κ2) is 12.0. The number of amides is 1. The fourth-order valence-electron chi connectivity index (χ4n) is 3.89. The van der Waals surface area contributed by atoms with Gasteiger partial charge in [0.2, 0.25) is 0 Å². The first-order valence-corrected chi connectivity index (χ1v) is 13.0. The van der Waals surface area contributed by atoms with E-state index in [9.17, 15) is 9.59 Å². The lowest BCUT2D eigenvalue weighted by Gasteiger charge is -2.25. The van der Waals surface area contributed by atoms with Crippen LogP contribution in [0.2, 0.25) is 10.0 Å². The van der Waals surface area contributed by atoms with Crippen LogP contribution < -0.4 is 14.8 Å². The molecule has 1 aliphatic rings. The molecule has 4 rings (SSSR count). The summed E-state index contributed by atoms with van der Waals surface area (Å²) >= 11 is 15.9. The summed E-state index contributed by atoms with van der Waals surface area (Å²) in [5, 5.41) is 3.92. The summed E-state index contributed by atoms with van der Waals surface area (Å²) < 4.78 is 17.8. The SMILES string of the molecule is CCOC(=O)C1CCOc2cc(Oc3ccc(C(=O)NCCc4ccc(Cl)cc4Br)cc3)c(Cl)cc21. The molecule has 6 nitrogen and oxygen atoms in total. The number of nitrogens with one attached hydrogen (secondary N) is 1. The van der Waals surface area contributed by atoms with E-state index in [4.69, 9.17) is 37.4 Å². The summed E-state index contributed by atoms with van der Waals surface area (Å²) in [5.41, 5.74) is 2.26. The van der Waals surface area contributed by atoms with E-state index in [-0.39, 0.29) is 11.9 Å². The average molecular weight is 593 g/mol. The Bertz CT molecular complexity index is 1270. The van der Waals surface area contributed by atoms with Crippen molar-refractivity contribution in [1.29, 1.82) is 0 Å². The van der Waals surface area contributed by atoms with Crippen molar-refractivity contribution in [2.45, 2.75) is 25.7 Å². The number of hydrogen-bond acceptors (Lipinski definition) is 5. The summed E-state index contributed by atoms with van der Waals surface area (Å²) in [6.45, 7) is 2.97. The van der Waals surface area contributed by atoms with Crippen molar-refractivity contribution in [2.24, 2.45) is 0 Å². The Labute approximate surface area is 228 Å². The third kappa shape index (κ3) is 6.33. The smallest absolute Gasteiger partial charge is 0.313 e. The number of carbonyl (C=O) groups excluding carboxylic acids is 2. The second-order valence-electron chi connectivity index (χ2n) is 8.13. The molecule has 3 aromatic rings. The molecular formula is C27H24BrCl2NO5. The predicted octanol–water partition coefficient (Wildman–Crippen LogP) is 6.95. The van der Waals surface area contributed by atoms with Crippen LogP contribution in [0.4, 0.5) is 0 Å². The fraction of sp³-hybridized carbons (Fsp3) is 0.259. The largest absolute Gasteiger partial charge is 0.493 e. The van der Waals surface area contributed by atoms with Gasteiger partial charge in [-0.1, -0.05) is 45.2 Å². The lowest BCUT2D eigenvalue weighted by Crippen LogP contribution is -2.25. The van der Waals surface area contributed by atoms with Gasteiger partial charge in [0.15, 0.2) is 0 Å². The van der Waals surface area contributed by atoms with Crippen LogP contribution in [-0.2, 0) is 16.0 Å². The summed E-state index contributed by atoms with van der Waals surface area (Å²) in [4.78, 5) is 24.8. The van der Waals surface area contributed by atoms with Crippen LogP contribution in [0.25, 0.3) is 0 Å². The van der Waals surface area contributed by atoms with Gasteiger partial charge in [-0.25, -0.2) is 0 Å². The maximum absolute atomic E-state index is 12.5. The number of halogens is 3. The quantitative estimate of drug-likeness (QED) is 0.287. The molecule has 0 aliphatic carbocycles. The first-order chi connectivity index (χ1) is 17.4. The lowest BCUT2D eigenvalue weighted by molar-refractivity contribution is -0.145. The van der Waals surface area contributed by atoms with Crippen molar-refractivity contribution < 1.29 is 23.8 Å². The molecular weight excluding hydrogens is 569 g/mol. The third-order valence-electron chi connectivity index (χ3n) is 5.71. The molecule has 0 saturated heterocycles. The monoisotopic (exact) mass is 591 g/mol. The number of rotatable bonds is 8.